The Bertz CT molecular complexity index is 398. The van der Waals surface area contributed by atoms with Crippen molar-refractivity contribution >= 4 is 0 Å². The van der Waals surface area contributed by atoms with Crippen molar-refractivity contribution in [3.05, 3.63) is 23.9 Å². The van der Waals surface area contributed by atoms with Gasteiger partial charge in [-0.1, -0.05) is 6.07 Å². The number of piperidine rings is 1. The van der Waals surface area contributed by atoms with Crippen LogP contribution in [0.1, 0.15) is 37.2 Å². The highest BCUT2D eigenvalue weighted by molar-refractivity contribution is 5.30. The van der Waals surface area contributed by atoms with Crippen LogP contribution in [0, 0.1) is 0 Å². The number of aromatic nitrogens is 1. The maximum Gasteiger partial charge on any atom is 0.217 e. The maximum atomic E-state index is 5.99. The Labute approximate surface area is 108 Å². The van der Waals surface area contributed by atoms with Gasteiger partial charge >= 0.3 is 0 Å². The first-order valence-corrected chi connectivity index (χ1v) is 6.91. The van der Waals surface area contributed by atoms with Crippen LogP contribution in [0.4, 0.5) is 0 Å². The number of nitrogens with zero attached hydrogens (tertiary/aromatic N) is 1. The number of hydrogen-bond acceptors (Lipinski definition) is 4. The van der Waals surface area contributed by atoms with E-state index in [2.05, 4.69) is 16.4 Å². The molecule has 0 spiro atoms. The molecule has 0 unspecified atom stereocenters. The Kier molecular flexibility index (Phi) is 3.48. The number of rotatable bonds is 3. The molecule has 98 valence electrons. The van der Waals surface area contributed by atoms with Crippen LogP contribution in [0.25, 0.3) is 0 Å². The van der Waals surface area contributed by atoms with E-state index in [1.807, 2.05) is 12.3 Å². The molecular weight excluding hydrogens is 226 g/mol. The third-order valence-electron chi connectivity index (χ3n) is 3.99. The Morgan fingerprint density at radius 2 is 2.06 bits per heavy atom. The molecule has 3 N–H and O–H groups in total. The number of nitrogens with one attached hydrogen (secondary N) is 1. The van der Waals surface area contributed by atoms with E-state index in [-0.39, 0.29) is 6.10 Å². The van der Waals surface area contributed by atoms with Crippen molar-refractivity contribution in [1.29, 1.82) is 0 Å². The number of hydrogen-bond donors (Lipinski definition) is 2. The molecule has 1 aromatic heterocycles. The molecule has 18 heavy (non-hydrogen) atoms. The first-order chi connectivity index (χ1) is 8.83. The molecular formula is C14H21N3O. The summed E-state index contributed by atoms with van der Waals surface area (Å²) >= 11 is 0. The lowest BCUT2D eigenvalue weighted by Gasteiger charge is -2.33. The van der Waals surface area contributed by atoms with Crippen LogP contribution >= 0.6 is 0 Å². The average molecular weight is 247 g/mol. The van der Waals surface area contributed by atoms with E-state index in [9.17, 15) is 0 Å². The summed E-state index contributed by atoms with van der Waals surface area (Å²) in [5, 5.41) is 3.40. The molecule has 3 rings (SSSR count). The lowest BCUT2D eigenvalue weighted by molar-refractivity contribution is 0.0939. The number of ether oxygens (including phenoxy) is 1. The quantitative estimate of drug-likeness (QED) is 0.848. The minimum atomic E-state index is 0.273. The summed E-state index contributed by atoms with van der Waals surface area (Å²) in [5.74, 6) is 1.42. The van der Waals surface area contributed by atoms with Crippen LogP contribution < -0.4 is 15.8 Å². The second-order valence-corrected chi connectivity index (χ2v) is 5.39. The van der Waals surface area contributed by atoms with Crippen molar-refractivity contribution in [1.82, 2.24) is 10.3 Å². The van der Waals surface area contributed by atoms with Crippen LogP contribution in [0.3, 0.4) is 0 Å². The molecule has 1 aliphatic carbocycles. The fraction of sp³-hybridized carbons (Fsp3) is 0.643. The topological polar surface area (TPSA) is 60.2 Å². The summed E-state index contributed by atoms with van der Waals surface area (Å²) in [4.78, 5) is 4.42. The van der Waals surface area contributed by atoms with Gasteiger partial charge in [0, 0.05) is 17.8 Å². The van der Waals surface area contributed by atoms with Gasteiger partial charge in [0.25, 0.3) is 0 Å². The highest BCUT2D eigenvalue weighted by Gasteiger charge is 2.29. The van der Waals surface area contributed by atoms with E-state index < -0.39 is 0 Å². The molecule has 2 aliphatic rings. The molecule has 0 bridgehead atoms. The highest BCUT2D eigenvalue weighted by Crippen LogP contribution is 2.33. The van der Waals surface area contributed by atoms with E-state index in [4.69, 9.17) is 10.5 Å². The van der Waals surface area contributed by atoms with Gasteiger partial charge in [0.1, 0.15) is 6.10 Å². The van der Waals surface area contributed by atoms with Crippen LogP contribution in [0.2, 0.25) is 0 Å². The molecule has 1 aliphatic heterocycles. The predicted octanol–water partition coefficient (Wildman–Crippen LogP) is 1.42. The minimum absolute atomic E-state index is 0.273. The molecule has 0 aromatic carbocycles. The average Bonchev–Trinajstić information content (AvgIpc) is 2.39. The maximum absolute atomic E-state index is 5.99. The summed E-state index contributed by atoms with van der Waals surface area (Å²) in [6, 6.07) is 4.49. The molecule has 1 saturated carbocycles. The lowest BCUT2D eigenvalue weighted by Crippen LogP contribution is -2.43. The van der Waals surface area contributed by atoms with Gasteiger partial charge in [0.05, 0.1) is 0 Å². The third kappa shape index (κ3) is 2.49. The standard InChI is InChI=1S/C14H21N3O/c15-11-8-12(9-11)18-14-13(2-1-5-17-14)10-3-6-16-7-4-10/h1-2,5,10-12,16H,3-4,6-9,15H2. The lowest BCUT2D eigenvalue weighted by atomic mass is 9.89. The summed E-state index contributed by atoms with van der Waals surface area (Å²) in [7, 11) is 0. The van der Waals surface area contributed by atoms with Crippen molar-refractivity contribution < 1.29 is 4.74 Å². The van der Waals surface area contributed by atoms with Crippen molar-refractivity contribution in [2.24, 2.45) is 5.73 Å². The molecule has 0 amide bonds. The van der Waals surface area contributed by atoms with Crippen LogP contribution in [-0.4, -0.2) is 30.2 Å². The summed E-state index contributed by atoms with van der Waals surface area (Å²) in [5.41, 5.74) is 7.07. The highest BCUT2D eigenvalue weighted by atomic mass is 16.5. The summed E-state index contributed by atoms with van der Waals surface area (Å²) in [6.07, 6.45) is 6.36. The zero-order chi connectivity index (χ0) is 12.4. The van der Waals surface area contributed by atoms with Gasteiger partial charge in [-0.15, -0.1) is 0 Å². The van der Waals surface area contributed by atoms with Crippen LogP contribution in [0.15, 0.2) is 18.3 Å². The second-order valence-electron chi connectivity index (χ2n) is 5.39. The fourth-order valence-corrected chi connectivity index (χ4v) is 2.81. The van der Waals surface area contributed by atoms with Gasteiger partial charge in [-0.25, -0.2) is 4.98 Å². The Hall–Kier alpha value is -1.13. The first-order valence-electron chi connectivity index (χ1n) is 6.91. The largest absolute Gasteiger partial charge is 0.474 e. The van der Waals surface area contributed by atoms with Crippen LogP contribution in [-0.2, 0) is 0 Å². The van der Waals surface area contributed by atoms with E-state index in [1.54, 1.807) is 0 Å². The Balaban J connectivity index is 1.72. The SMILES string of the molecule is NC1CC(Oc2ncccc2C2CCNCC2)C1. The van der Waals surface area contributed by atoms with E-state index in [0.29, 0.717) is 12.0 Å². The first kappa shape index (κ1) is 11.9. The van der Waals surface area contributed by atoms with Gasteiger partial charge in [-0.2, -0.15) is 0 Å². The van der Waals surface area contributed by atoms with Crippen molar-refractivity contribution in [2.75, 3.05) is 13.1 Å². The van der Waals surface area contributed by atoms with E-state index >= 15 is 0 Å². The fourth-order valence-electron chi connectivity index (χ4n) is 2.81. The van der Waals surface area contributed by atoms with Crippen LogP contribution in [0.5, 0.6) is 5.88 Å². The smallest absolute Gasteiger partial charge is 0.217 e. The number of nitrogens with two attached hydrogens (primary N) is 1. The van der Waals surface area contributed by atoms with Crippen molar-refractivity contribution in [2.45, 2.75) is 43.7 Å². The van der Waals surface area contributed by atoms with Crippen molar-refractivity contribution in [3.63, 3.8) is 0 Å². The van der Waals surface area contributed by atoms with Gasteiger partial charge in [-0.3, -0.25) is 0 Å². The van der Waals surface area contributed by atoms with Gasteiger partial charge in [-0.05, 0) is 50.8 Å². The van der Waals surface area contributed by atoms with Gasteiger partial charge < -0.3 is 15.8 Å². The molecule has 2 fully saturated rings. The van der Waals surface area contributed by atoms with Gasteiger partial charge in [0.15, 0.2) is 0 Å². The van der Waals surface area contributed by atoms with Gasteiger partial charge in [0.2, 0.25) is 5.88 Å². The summed E-state index contributed by atoms with van der Waals surface area (Å²) < 4.78 is 5.99. The molecule has 1 aromatic rings. The second kappa shape index (κ2) is 5.24. The predicted molar refractivity (Wildman–Crippen MR) is 70.7 cm³/mol. The zero-order valence-electron chi connectivity index (χ0n) is 10.6. The summed E-state index contributed by atoms with van der Waals surface area (Å²) in [6.45, 7) is 2.18. The Morgan fingerprint density at radius 3 is 2.78 bits per heavy atom. The molecule has 4 nitrogen and oxygen atoms in total. The minimum Gasteiger partial charge on any atom is -0.474 e. The van der Waals surface area contributed by atoms with E-state index in [0.717, 1.165) is 31.8 Å². The monoisotopic (exact) mass is 247 g/mol. The van der Waals surface area contributed by atoms with E-state index in [1.165, 1.54) is 18.4 Å². The molecule has 1 saturated heterocycles. The normalized spacial score (nSPS) is 28.7. The number of pyridine rings is 1. The molecule has 0 radical (unpaired) electrons. The zero-order valence-corrected chi connectivity index (χ0v) is 10.6. The van der Waals surface area contributed by atoms with Crippen molar-refractivity contribution in [3.8, 4) is 5.88 Å². The third-order valence-corrected chi connectivity index (χ3v) is 3.99. The molecule has 2 heterocycles. The molecule has 4 heteroatoms. The Morgan fingerprint density at radius 1 is 1.28 bits per heavy atom. The molecule has 0 atom stereocenters.